The molecule has 2 aromatic carbocycles. The summed E-state index contributed by atoms with van der Waals surface area (Å²) in [7, 11) is 0. The lowest BCUT2D eigenvalue weighted by molar-refractivity contribution is 0.439. The van der Waals surface area contributed by atoms with Crippen LogP contribution in [0.4, 0.5) is 8.78 Å². The van der Waals surface area contributed by atoms with Gasteiger partial charge in [-0.1, -0.05) is 24.3 Å². The third kappa shape index (κ3) is 2.81. The maximum atomic E-state index is 13.6. The normalized spacial score (nSPS) is 12.7. The van der Waals surface area contributed by atoms with E-state index in [2.05, 4.69) is 5.32 Å². The quantitative estimate of drug-likeness (QED) is 0.761. The van der Waals surface area contributed by atoms with Gasteiger partial charge in [0.1, 0.15) is 23.0 Å². The van der Waals surface area contributed by atoms with E-state index >= 15 is 0 Å². The van der Waals surface area contributed by atoms with Gasteiger partial charge in [0, 0.05) is 17.5 Å². The number of nitrogens with one attached hydrogen (secondary N) is 1. The van der Waals surface area contributed by atoms with Crippen LogP contribution in [0.1, 0.15) is 24.3 Å². The zero-order valence-electron chi connectivity index (χ0n) is 11.6. The third-order valence-corrected chi connectivity index (χ3v) is 3.52. The van der Waals surface area contributed by atoms with Crippen LogP contribution >= 0.6 is 0 Å². The summed E-state index contributed by atoms with van der Waals surface area (Å²) in [5.41, 5.74) is 0.846. The number of hydrogen-bond donors (Lipinski definition) is 1. The summed E-state index contributed by atoms with van der Waals surface area (Å²) in [5, 5.41) is 4.10. The van der Waals surface area contributed by atoms with Crippen LogP contribution in [0.2, 0.25) is 0 Å². The lowest BCUT2D eigenvalue weighted by Crippen LogP contribution is -2.19. The highest BCUT2D eigenvalue weighted by molar-refractivity contribution is 5.77. The lowest BCUT2D eigenvalue weighted by Gasteiger charge is -2.12. The van der Waals surface area contributed by atoms with Gasteiger partial charge in [0.15, 0.2) is 0 Å². The predicted octanol–water partition coefficient (Wildman–Crippen LogP) is 4.56. The van der Waals surface area contributed by atoms with Crippen molar-refractivity contribution in [2.45, 2.75) is 19.5 Å². The molecule has 0 aliphatic rings. The summed E-state index contributed by atoms with van der Waals surface area (Å²) in [6.45, 7) is 2.01. The van der Waals surface area contributed by atoms with E-state index < -0.39 is 11.6 Å². The average Bonchev–Trinajstić information content (AvgIpc) is 2.90. The van der Waals surface area contributed by atoms with Crippen molar-refractivity contribution in [1.82, 2.24) is 5.32 Å². The molecule has 3 aromatic rings. The topological polar surface area (TPSA) is 25.2 Å². The number of para-hydroxylation sites is 1. The Kier molecular flexibility index (Phi) is 3.71. The Morgan fingerprint density at radius 1 is 1.05 bits per heavy atom. The molecule has 0 saturated carbocycles. The zero-order chi connectivity index (χ0) is 14.8. The van der Waals surface area contributed by atoms with Crippen molar-refractivity contribution in [3.63, 3.8) is 0 Å². The van der Waals surface area contributed by atoms with Crippen LogP contribution in [0, 0.1) is 11.6 Å². The fraction of sp³-hybridized carbons (Fsp3) is 0.176. The molecule has 0 fully saturated rings. The Morgan fingerprint density at radius 2 is 1.76 bits per heavy atom. The first-order valence-corrected chi connectivity index (χ1v) is 6.80. The largest absolute Gasteiger partial charge is 0.459 e. The van der Waals surface area contributed by atoms with Gasteiger partial charge >= 0.3 is 0 Å². The van der Waals surface area contributed by atoms with Gasteiger partial charge in [-0.05, 0) is 31.2 Å². The van der Waals surface area contributed by atoms with Crippen molar-refractivity contribution >= 4 is 11.0 Å². The first-order chi connectivity index (χ1) is 10.1. The SMILES string of the molecule is CC(NCc1c(F)cccc1F)c1cc2ccccc2o1. The molecule has 1 atom stereocenters. The zero-order valence-corrected chi connectivity index (χ0v) is 11.6. The molecule has 0 bridgehead atoms. The van der Waals surface area contributed by atoms with E-state index in [1.165, 1.54) is 18.2 Å². The van der Waals surface area contributed by atoms with Crippen molar-refractivity contribution in [1.29, 1.82) is 0 Å². The van der Waals surface area contributed by atoms with Crippen molar-refractivity contribution in [2.75, 3.05) is 0 Å². The minimum absolute atomic E-state index is 0.0421. The molecule has 0 aliphatic heterocycles. The van der Waals surface area contributed by atoms with E-state index in [9.17, 15) is 8.78 Å². The van der Waals surface area contributed by atoms with Gasteiger partial charge in [-0.3, -0.25) is 0 Å². The molecule has 0 radical (unpaired) electrons. The second-order valence-corrected chi connectivity index (χ2v) is 4.99. The summed E-state index contributed by atoms with van der Waals surface area (Å²) in [5.74, 6) is -0.341. The highest BCUT2D eigenvalue weighted by Gasteiger charge is 2.13. The van der Waals surface area contributed by atoms with Crippen LogP contribution in [-0.4, -0.2) is 0 Å². The monoisotopic (exact) mass is 287 g/mol. The molecule has 1 heterocycles. The van der Waals surface area contributed by atoms with Gasteiger partial charge in [0.05, 0.1) is 6.04 Å². The van der Waals surface area contributed by atoms with E-state index in [1.54, 1.807) is 0 Å². The number of halogens is 2. The molecule has 1 aromatic heterocycles. The molecule has 0 aliphatic carbocycles. The summed E-state index contributed by atoms with van der Waals surface area (Å²) >= 11 is 0. The molecule has 1 N–H and O–H groups in total. The van der Waals surface area contributed by atoms with E-state index in [4.69, 9.17) is 4.42 Å². The first-order valence-electron chi connectivity index (χ1n) is 6.80. The molecule has 0 saturated heterocycles. The second-order valence-electron chi connectivity index (χ2n) is 4.99. The minimum Gasteiger partial charge on any atom is -0.459 e. The molecule has 0 spiro atoms. The standard InChI is InChI=1S/C17H15F2NO/c1-11(17-9-12-5-2-3-8-16(12)21-17)20-10-13-14(18)6-4-7-15(13)19/h2-9,11,20H,10H2,1H3. The van der Waals surface area contributed by atoms with E-state index in [-0.39, 0.29) is 18.2 Å². The number of rotatable bonds is 4. The van der Waals surface area contributed by atoms with Gasteiger partial charge < -0.3 is 9.73 Å². The van der Waals surface area contributed by atoms with Crippen molar-refractivity contribution in [2.24, 2.45) is 0 Å². The molecule has 21 heavy (non-hydrogen) atoms. The van der Waals surface area contributed by atoms with Crippen molar-refractivity contribution in [3.05, 3.63) is 71.5 Å². The highest BCUT2D eigenvalue weighted by atomic mass is 19.1. The molecule has 4 heteroatoms. The Morgan fingerprint density at radius 3 is 2.48 bits per heavy atom. The van der Waals surface area contributed by atoms with Gasteiger partial charge in [0.25, 0.3) is 0 Å². The molecule has 108 valence electrons. The van der Waals surface area contributed by atoms with E-state index in [0.717, 1.165) is 16.7 Å². The van der Waals surface area contributed by atoms with Crippen LogP contribution in [0.15, 0.2) is 52.9 Å². The van der Waals surface area contributed by atoms with E-state index in [1.807, 2.05) is 37.3 Å². The summed E-state index contributed by atoms with van der Waals surface area (Å²) in [6.07, 6.45) is 0. The Balaban J connectivity index is 1.75. The summed E-state index contributed by atoms with van der Waals surface area (Å²) in [6, 6.07) is 13.4. The predicted molar refractivity (Wildman–Crippen MR) is 77.8 cm³/mol. The number of fused-ring (bicyclic) bond motifs is 1. The lowest BCUT2D eigenvalue weighted by atomic mass is 10.1. The van der Waals surface area contributed by atoms with Crippen LogP contribution in [0.25, 0.3) is 11.0 Å². The summed E-state index contributed by atoms with van der Waals surface area (Å²) < 4.78 is 32.9. The highest BCUT2D eigenvalue weighted by Crippen LogP contribution is 2.24. The number of hydrogen-bond acceptors (Lipinski definition) is 2. The Bertz CT molecular complexity index is 713. The third-order valence-electron chi connectivity index (χ3n) is 3.52. The summed E-state index contributed by atoms with van der Waals surface area (Å²) in [4.78, 5) is 0. The van der Waals surface area contributed by atoms with Gasteiger partial charge in [-0.15, -0.1) is 0 Å². The van der Waals surface area contributed by atoms with Crippen LogP contribution in [-0.2, 0) is 6.54 Å². The van der Waals surface area contributed by atoms with Crippen LogP contribution in [0.5, 0.6) is 0 Å². The molecular weight excluding hydrogens is 272 g/mol. The van der Waals surface area contributed by atoms with Gasteiger partial charge in [-0.2, -0.15) is 0 Å². The maximum absolute atomic E-state index is 13.6. The Labute approximate surface area is 121 Å². The van der Waals surface area contributed by atoms with Crippen molar-refractivity contribution in [3.8, 4) is 0 Å². The smallest absolute Gasteiger partial charge is 0.134 e. The molecule has 3 rings (SSSR count). The van der Waals surface area contributed by atoms with Crippen LogP contribution in [0.3, 0.4) is 0 Å². The second kappa shape index (κ2) is 5.66. The van der Waals surface area contributed by atoms with E-state index in [0.29, 0.717) is 0 Å². The average molecular weight is 287 g/mol. The maximum Gasteiger partial charge on any atom is 0.134 e. The Hall–Kier alpha value is -2.20. The van der Waals surface area contributed by atoms with Crippen molar-refractivity contribution < 1.29 is 13.2 Å². The minimum atomic E-state index is -0.542. The number of benzene rings is 2. The fourth-order valence-corrected chi connectivity index (χ4v) is 2.27. The van der Waals surface area contributed by atoms with Crippen LogP contribution < -0.4 is 5.32 Å². The van der Waals surface area contributed by atoms with Gasteiger partial charge in [0.2, 0.25) is 0 Å². The fourth-order valence-electron chi connectivity index (χ4n) is 2.27. The molecular formula is C17H15F2NO. The van der Waals surface area contributed by atoms with Gasteiger partial charge in [-0.25, -0.2) is 8.78 Å². The first kappa shape index (κ1) is 13.8. The number of furan rings is 1. The molecule has 2 nitrogen and oxygen atoms in total. The molecule has 0 amide bonds. The molecule has 1 unspecified atom stereocenters.